The van der Waals surface area contributed by atoms with Crippen LogP contribution in [0.25, 0.3) is 28.4 Å². The Morgan fingerprint density at radius 2 is 1.67 bits per heavy atom. The maximum Gasteiger partial charge on any atom is 0.407 e. The number of cyclic esters (lactones) is 1. The minimum absolute atomic E-state index is 0.0890. The van der Waals surface area contributed by atoms with Gasteiger partial charge in [0.1, 0.15) is 23.9 Å². The fourth-order valence-corrected chi connectivity index (χ4v) is 5.69. The maximum atomic E-state index is 14.1. The molecule has 1 saturated heterocycles. The van der Waals surface area contributed by atoms with Gasteiger partial charge in [0.2, 0.25) is 11.8 Å². The van der Waals surface area contributed by atoms with Crippen molar-refractivity contribution in [2.24, 2.45) is 10.8 Å². The summed E-state index contributed by atoms with van der Waals surface area (Å²) in [7, 11) is 1.29. The van der Waals surface area contributed by atoms with Crippen molar-refractivity contribution in [1.82, 2.24) is 20.2 Å². The van der Waals surface area contributed by atoms with Crippen molar-refractivity contribution >= 4 is 35.1 Å². The van der Waals surface area contributed by atoms with Crippen molar-refractivity contribution in [1.29, 1.82) is 0 Å². The Morgan fingerprint density at radius 3 is 2.33 bits per heavy atom. The zero-order valence-electron chi connectivity index (χ0n) is 30.8. The molecule has 1 unspecified atom stereocenters. The third kappa shape index (κ3) is 10.0. The Balaban J connectivity index is 0.00000157. The minimum Gasteiger partial charge on any atom is -0.471 e. The molecule has 2 amide bonds. The van der Waals surface area contributed by atoms with Crippen LogP contribution in [0, 0.1) is 10.8 Å². The topological polar surface area (TPSA) is 120 Å². The number of alkyl carbamates (subject to hydrolysis) is 1. The Hall–Kier alpha value is -4.47. The predicted octanol–water partition coefficient (Wildman–Crippen LogP) is 7.84. The smallest absolute Gasteiger partial charge is 0.407 e. The number of fused-ring (bicyclic) bond motifs is 7. The molecule has 4 bridgehead atoms. The molecular weight excluding hydrogens is 620 g/mol. The molecule has 0 spiro atoms. The summed E-state index contributed by atoms with van der Waals surface area (Å²) in [5, 5.41) is 2.79. The van der Waals surface area contributed by atoms with Crippen LogP contribution in [0.1, 0.15) is 87.1 Å². The van der Waals surface area contributed by atoms with Crippen LogP contribution >= 0.6 is 0 Å². The predicted molar refractivity (Wildman–Crippen MR) is 194 cm³/mol. The lowest BCUT2D eigenvalue weighted by atomic mass is 9.85. The van der Waals surface area contributed by atoms with Gasteiger partial charge < -0.3 is 24.4 Å². The van der Waals surface area contributed by atoms with E-state index in [2.05, 4.69) is 17.5 Å². The molecule has 5 rings (SSSR count). The van der Waals surface area contributed by atoms with Crippen LogP contribution in [0.3, 0.4) is 0 Å². The van der Waals surface area contributed by atoms with Gasteiger partial charge in [-0.2, -0.15) is 0 Å². The van der Waals surface area contributed by atoms with E-state index in [1.54, 1.807) is 0 Å². The first-order chi connectivity index (χ1) is 23.3. The molecule has 2 aromatic carbocycles. The number of nitrogens with zero attached hydrogens (tertiary/aromatic N) is 3. The van der Waals surface area contributed by atoms with E-state index in [0.717, 1.165) is 29.5 Å². The molecule has 49 heavy (non-hydrogen) atoms. The second-order valence-corrected chi connectivity index (χ2v) is 13.6. The van der Waals surface area contributed by atoms with Gasteiger partial charge in [-0.05, 0) is 47.4 Å². The summed E-state index contributed by atoms with van der Waals surface area (Å²) in [6, 6.07) is 13.7. The summed E-state index contributed by atoms with van der Waals surface area (Å²) in [6.45, 7) is 17.9. The number of carbonyl (C=O) groups excluding carboxylic acids is 3. The van der Waals surface area contributed by atoms with Crippen molar-refractivity contribution in [2.75, 3.05) is 20.3 Å². The van der Waals surface area contributed by atoms with Crippen LogP contribution in [0.4, 0.5) is 4.79 Å². The van der Waals surface area contributed by atoms with Crippen LogP contribution in [-0.4, -0.2) is 71.3 Å². The maximum absolute atomic E-state index is 14.1. The molecular formula is C39H54N4O6. The van der Waals surface area contributed by atoms with E-state index in [1.165, 1.54) is 12.0 Å². The van der Waals surface area contributed by atoms with Gasteiger partial charge in [-0.1, -0.05) is 105 Å². The van der Waals surface area contributed by atoms with E-state index >= 15 is 0 Å². The summed E-state index contributed by atoms with van der Waals surface area (Å²) in [6.07, 6.45) is 4.64. The van der Waals surface area contributed by atoms with E-state index in [4.69, 9.17) is 24.2 Å². The van der Waals surface area contributed by atoms with Crippen LogP contribution < -0.4 is 10.1 Å². The van der Waals surface area contributed by atoms with Gasteiger partial charge in [-0.3, -0.25) is 4.79 Å². The van der Waals surface area contributed by atoms with Gasteiger partial charge in [0.15, 0.2) is 0 Å². The highest BCUT2D eigenvalue weighted by atomic mass is 16.5. The number of benzene rings is 2. The second-order valence-electron chi connectivity index (χ2n) is 13.6. The van der Waals surface area contributed by atoms with Gasteiger partial charge in [0, 0.05) is 12.0 Å². The monoisotopic (exact) mass is 674 g/mol. The number of para-hydroxylation sites is 2. The number of hydrogen-bond donors (Lipinski definition) is 1. The number of amides is 2. The number of nitrogens with one attached hydrogen (secondary N) is 1. The number of carbonyl (C=O) groups is 3. The third-order valence-electron chi connectivity index (χ3n) is 8.26. The summed E-state index contributed by atoms with van der Waals surface area (Å²) in [5.74, 6) is -0.672. The molecule has 2 aliphatic rings. The Labute approximate surface area is 291 Å². The quantitative estimate of drug-likeness (QED) is 0.259. The van der Waals surface area contributed by atoms with Crippen molar-refractivity contribution in [3.05, 3.63) is 60.2 Å². The number of esters is 1. The van der Waals surface area contributed by atoms with Gasteiger partial charge in [-0.15, -0.1) is 0 Å². The molecule has 266 valence electrons. The number of rotatable bonds is 1. The molecule has 0 saturated carbocycles. The zero-order chi connectivity index (χ0) is 36.4. The molecule has 2 aliphatic heterocycles. The highest BCUT2D eigenvalue weighted by molar-refractivity contribution is 5.91. The van der Waals surface area contributed by atoms with E-state index in [-0.39, 0.29) is 25.0 Å². The number of ether oxygens (including phenoxy) is 3. The number of aromatic nitrogens is 2. The Kier molecular flexibility index (Phi) is 13.7. The van der Waals surface area contributed by atoms with Crippen LogP contribution in [0.2, 0.25) is 0 Å². The Bertz CT molecular complexity index is 1610. The lowest BCUT2D eigenvalue weighted by Gasteiger charge is -2.35. The lowest BCUT2D eigenvalue weighted by Crippen LogP contribution is -2.57. The van der Waals surface area contributed by atoms with E-state index in [0.29, 0.717) is 17.1 Å². The molecule has 0 radical (unpaired) electrons. The molecule has 3 heterocycles. The van der Waals surface area contributed by atoms with Crippen molar-refractivity contribution in [3.8, 4) is 17.1 Å². The van der Waals surface area contributed by atoms with Crippen LogP contribution in [0.15, 0.2) is 54.6 Å². The van der Waals surface area contributed by atoms with Gasteiger partial charge in [-0.25, -0.2) is 19.6 Å². The van der Waals surface area contributed by atoms with Crippen molar-refractivity contribution < 1.29 is 28.6 Å². The van der Waals surface area contributed by atoms with Gasteiger partial charge in [0.25, 0.3) is 0 Å². The van der Waals surface area contributed by atoms with E-state index < -0.39 is 41.6 Å². The van der Waals surface area contributed by atoms with Crippen molar-refractivity contribution in [3.63, 3.8) is 0 Å². The fourth-order valence-electron chi connectivity index (χ4n) is 5.69. The Morgan fingerprint density at radius 1 is 1.00 bits per heavy atom. The average molecular weight is 675 g/mol. The summed E-state index contributed by atoms with van der Waals surface area (Å²) >= 11 is 0. The van der Waals surface area contributed by atoms with E-state index in [1.807, 2.05) is 111 Å². The van der Waals surface area contributed by atoms with Gasteiger partial charge >= 0.3 is 12.1 Å². The molecule has 0 aliphatic carbocycles. The van der Waals surface area contributed by atoms with E-state index in [9.17, 15) is 14.4 Å². The standard InChI is InChI=1S/C35H42N4O6.2C2H6/c1-34(2,3)29-31(40)39-20-24(19-27(39)32(41)43-6)45-30-28(36-25-15-7-8-16-26(25)37-30)23-14-11-13-22(18-23)12-9-10-17-35(4,5)21-44-33(42)38-29;2*1-2/h7-9,11-16,18,24,27,29H,10,17,19-21H2,1-6H3,(H,38,42);2*1-2H3/b12-9+;;/t24-,27?,29-;;/m1../s1. The third-order valence-corrected chi connectivity index (χ3v) is 8.26. The molecule has 10 heteroatoms. The number of methoxy groups -OCH3 is 1. The first-order valence-corrected chi connectivity index (χ1v) is 17.4. The first kappa shape index (κ1) is 39.0. The summed E-state index contributed by atoms with van der Waals surface area (Å²) < 4.78 is 17.2. The summed E-state index contributed by atoms with van der Waals surface area (Å²) in [4.78, 5) is 51.3. The molecule has 1 N–H and O–H groups in total. The largest absolute Gasteiger partial charge is 0.471 e. The SMILES string of the molecule is CC.CC.COC(=O)C1C[C@@H]2CN1C(=O)[C@H](C(C)(C)C)NC(=O)OCC(C)(C)CC/C=C/c1cccc(c1)-c1nc3ccccc3nc1O2. The first-order valence-electron chi connectivity index (χ1n) is 17.4. The second kappa shape index (κ2) is 17.3. The lowest BCUT2D eigenvalue weighted by molar-refractivity contribution is -0.152. The van der Waals surface area contributed by atoms with Crippen molar-refractivity contribution in [2.45, 2.75) is 99.8 Å². The fraction of sp³-hybridized carbons (Fsp3) is 0.513. The highest BCUT2D eigenvalue weighted by Gasteiger charge is 2.46. The molecule has 10 nitrogen and oxygen atoms in total. The highest BCUT2D eigenvalue weighted by Crippen LogP contribution is 2.34. The van der Waals surface area contributed by atoms with Gasteiger partial charge in [0.05, 0.1) is 31.3 Å². The number of hydrogen-bond acceptors (Lipinski definition) is 8. The zero-order valence-corrected chi connectivity index (χ0v) is 30.8. The molecule has 3 aromatic rings. The number of allylic oxidation sites excluding steroid dienone is 1. The summed E-state index contributed by atoms with van der Waals surface area (Å²) in [5.41, 5.74) is 2.80. The van der Waals surface area contributed by atoms with Crippen LogP contribution in [0.5, 0.6) is 5.88 Å². The molecule has 1 fully saturated rings. The normalized spacial score (nSPS) is 21.6. The average Bonchev–Trinajstić information content (AvgIpc) is 3.52. The van der Waals surface area contributed by atoms with Crippen LogP contribution in [-0.2, 0) is 19.1 Å². The molecule has 3 atom stereocenters. The minimum atomic E-state index is -0.966. The molecule has 1 aromatic heterocycles.